The van der Waals surface area contributed by atoms with Crippen LogP contribution in [0.15, 0.2) is 49.3 Å². The van der Waals surface area contributed by atoms with Crippen molar-refractivity contribution in [3.63, 3.8) is 0 Å². The third-order valence-corrected chi connectivity index (χ3v) is 7.90. The number of anilines is 1. The minimum atomic E-state index is -3.12. The second-order valence-corrected chi connectivity index (χ2v) is 13.7. The Morgan fingerprint density at radius 2 is 1.49 bits per heavy atom. The summed E-state index contributed by atoms with van der Waals surface area (Å²) in [6, 6.07) is 8.73. The number of hydrogen-bond acceptors (Lipinski definition) is 9. The zero-order valence-corrected chi connectivity index (χ0v) is 27.5. The molecule has 2 aliphatic heterocycles. The number of sulfonamides is 1. The van der Waals surface area contributed by atoms with Gasteiger partial charge in [0.15, 0.2) is 0 Å². The third-order valence-electron chi connectivity index (χ3n) is 6.85. The standard InChI is InChI=1S/C14H20N4O2S.C8H7ClN2.C5H12N2.CH4O2S/c1-11-7-13-9-15-10-18(13)14(8-11)17-5-3-12(4-6-17)16-21(2,19)20;1-6-2-7-4-10-5-11(7)8(9)3-6;6-5-1-3-7-4-2-5;1-4(2)3/h7-10,12,16H,3-6H2,1-2H3;2-5H,1H3;5,7H,1-4,6H2;1H3,(H,2,3)/p-1. The molecule has 0 aromatic carbocycles. The lowest BCUT2D eigenvalue weighted by atomic mass is 10.1. The first kappa shape index (κ1) is 34.9. The number of aromatic nitrogens is 4. The van der Waals surface area contributed by atoms with Crippen molar-refractivity contribution in [1.82, 2.24) is 28.8 Å². The van der Waals surface area contributed by atoms with E-state index in [1.165, 1.54) is 11.8 Å². The molecule has 0 spiro atoms. The second kappa shape index (κ2) is 16.5. The van der Waals surface area contributed by atoms with Crippen molar-refractivity contribution in [3.05, 3.63) is 65.6 Å². The molecule has 2 fully saturated rings. The third kappa shape index (κ3) is 11.8. The van der Waals surface area contributed by atoms with Crippen LogP contribution in [0.25, 0.3) is 11.0 Å². The molecule has 0 radical (unpaired) electrons. The summed E-state index contributed by atoms with van der Waals surface area (Å²) in [6.07, 6.45) is 13.4. The fourth-order valence-electron chi connectivity index (χ4n) is 4.89. The smallest absolute Gasteiger partial charge is 0.208 e. The lowest BCUT2D eigenvalue weighted by molar-refractivity contribution is 0.458. The normalized spacial score (nSPS) is 16.9. The van der Waals surface area contributed by atoms with E-state index in [-0.39, 0.29) is 6.04 Å². The maximum atomic E-state index is 11.3. The Hall–Kier alpha value is -2.59. The molecule has 6 heterocycles. The van der Waals surface area contributed by atoms with Crippen LogP contribution < -0.4 is 20.7 Å². The largest absolute Gasteiger partial charge is 0.773 e. The highest BCUT2D eigenvalue weighted by molar-refractivity contribution is 7.88. The van der Waals surface area contributed by atoms with Crippen molar-refractivity contribution in [2.75, 3.05) is 43.6 Å². The van der Waals surface area contributed by atoms with Crippen molar-refractivity contribution in [2.45, 2.75) is 51.6 Å². The molecule has 2 aliphatic rings. The minimum Gasteiger partial charge on any atom is -0.773 e. The van der Waals surface area contributed by atoms with Gasteiger partial charge in [-0.2, -0.15) is 0 Å². The number of nitrogens with zero attached hydrogens (tertiary/aromatic N) is 5. The number of halogens is 1. The number of rotatable bonds is 3. The number of aryl methyl sites for hydroxylation is 2. The summed E-state index contributed by atoms with van der Waals surface area (Å²) in [5, 5.41) is 3.94. The summed E-state index contributed by atoms with van der Waals surface area (Å²) in [5.41, 5.74) is 10.1. The average Bonchev–Trinajstić information content (AvgIpc) is 3.58. The number of fused-ring (bicyclic) bond motifs is 2. The van der Waals surface area contributed by atoms with Gasteiger partial charge < -0.3 is 20.5 Å². The van der Waals surface area contributed by atoms with Crippen LogP contribution in [-0.4, -0.2) is 86.7 Å². The first-order valence-corrected chi connectivity index (χ1v) is 17.8. The molecule has 4 aromatic rings. The Morgan fingerprint density at radius 3 is 2.00 bits per heavy atom. The zero-order valence-electron chi connectivity index (χ0n) is 25.1. The van der Waals surface area contributed by atoms with Crippen molar-refractivity contribution in [2.24, 2.45) is 5.73 Å². The molecule has 238 valence electrons. The van der Waals surface area contributed by atoms with Gasteiger partial charge in [-0.25, -0.2) is 23.1 Å². The van der Waals surface area contributed by atoms with Gasteiger partial charge in [0.2, 0.25) is 10.0 Å². The summed E-state index contributed by atoms with van der Waals surface area (Å²) in [4.78, 5) is 10.5. The van der Waals surface area contributed by atoms with Gasteiger partial charge in [-0.3, -0.25) is 13.0 Å². The highest BCUT2D eigenvalue weighted by Gasteiger charge is 2.23. The van der Waals surface area contributed by atoms with Gasteiger partial charge in [-0.15, -0.1) is 0 Å². The van der Waals surface area contributed by atoms with Crippen molar-refractivity contribution in [1.29, 1.82) is 0 Å². The molecule has 1 unspecified atom stereocenters. The monoisotopic (exact) mass is 653 g/mol. The maximum Gasteiger partial charge on any atom is 0.208 e. The van der Waals surface area contributed by atoms with E-state index in [0.29, 0.717) is 11.2 Å². The van der Waals surface area contributed by atoms with E-state index in [2.05, 4.69) is 48.4 Å². The molecule has 0 bridgehead atoms. The van der Waals surface area contributed by atoms with E-state index in [4.69, 9.17) is 26.1 Å². The molecule has 2 saturated heterocycles. The quantitative estimate of drug-likeness (QED) is 0.223. The molecule has 0 aliphatic carbocycles. The van der Waals surface area contributed by atoms with Crippen LogP contribution in [0.5, 0.6) is 0 Å². The summed E-state index contributed by atoms with van der Waals surface area (Å²) in [5.74, 6) is 1.13. The number of piperidine rings is 2. The summed E-state index contributed by atoms with van der Waals surface area (Å²) in [7, 11) is -3.12. The van der Waals surface area contributed by atoms with E-state index >= 15 is 0 Å². The Balaban J connectivity index is 0.000000190. The van der Waals surface area contributed by atoms with Gasteiger partial charge in [0.05, 0.1) is 29.7 Å². The summed E-state index contributed by atoms with van der Waals surface area (Å²) < 4.78 is 47.2. The van der Waals surface area contributed by atoms with E-state index < -0.39 is 21.1 Å². The Morgan fingerprint density at radius 1 is 0.977 bits per heavy atom. The molecule has 43 heavy (non-hydrogen) atoms. The summed E-state index contributed by atoms with van der Waals surface area (Å²) >= 11 is 4.07. The molecule has 4 N–H and O–H groups in total. The van der Waals surface area contributed by atoms with Crippen LogP contribution in [0.2, 0.25) is 5.15 Å². The second-order valence-electron chi connectivity index (χ2n) is 10.8. The fraction of sp³-hybridized carbons (Fsp3) is 0.500. The fourth-order valence-corrected chi connectivity index (χ4v) is 6.05. The van der Waals surface area contributed by atoms with Crippen molar-refractivity contribution >= 4 is 49.6 Å². The molecule has 12 nitrogen and oxygen atoms in total. The Bertz CT molecular complexity index is 1580. The number of pyridine rings is 2. The first-order chi connectivity index (χ1) is 20.3. The van der Waals surface area contributed by atoms with Gasteiger partial charge >= 0.3 is 0 Å². The van der Waals surface area contributed by atoms with E-state index in [9.17, 15) is 8.42 Å². The molecule has 4 aromatic heterocycles. The Labute approximate surface area is 261 Å². The topological polar surface area (TPSA) is 162 Å². The van der Waals surface area contributed by atoms with Crippen molar-refractivity contribution in [3.8, 4) is 0 Å². The number of hydrogen-bond donors (Lipinski definition) is 3. The molecular weight excluding hydrogens is 612 g/mol. The van der Waals surface area contributed by atoms with Crippen LogP contribution in [0.4, 0.5) is 5.82 Å². The zero-order chi connectivity index (χ0) is 31.6. The highest BCUT2D eigenvalue weighted by atomic mass is 35.5. The molecule has 15 heteroatoms. The van der Waals surface area contributed by atoms with Crippen LogP contribution in [0, 0.1) is 13.8 Å². The lowest BCUT2D eigenvalue weighted by Crippen LogP contribution is -2.44. The van der Waals surface area contributed by atoms with E-state index in [0.717, 1.165) is 80.5 Å². The average molecular weight is 654 g/mol. The predicted octanol–water partition coefficient (Wildman–Crippen LogP) is 2.65. The Kier molecular flexibility index (Phi) is 13.4. The maximum absolute atomic E-state index is 11.3. The first-order valence-electron chi connectivity index (χ1n) is 14.0. The highest BCUT2D eigenvalue weighted by Crippen LogP contribution is 2.23. The number of nitrogens with one attached hydrogen (secondary N) is 2. The van der Waals surface area contributed by atoms with Crippen LogP contribution in [0.3, 0.4) is 0 Å². The minimum absolute atomic E-state index is 0.0411. The van der Waals surface area contributed by atoms with Gasteiger partial charge in [0.25, 0.3) is 0 Å². The molecule has 0 saturated carbocycles. The molecule has 6 rings (SSSR count). The van der Waals surface area contributed by atoms with Crippen LogP contribution >= 0.6 is 11.6 Å². The number of imidazole rings is 2. The van der Waals surface area contributed by atoms with Crippen molar-refractivity contribution < 1.29 is 17.2 Å². The van der Waals surface area contributed by atoms with Gasteiger partial charge in [-0.1, -0.05) is 22.7 Å². The molecular formula is C28H42ClN8O4S2-. The van der Waals surface area contributed by atoms with Gasteiger partial charge in [0, 0.05) is 25.2 Å². The van der Waals surface area contributed by atoms with E-state index in [1.54, 1.807) is 12.5 Å². The number of nitrogens with two attached hydrogens (primary N) is 1. The molecule has 1 atom stereocenters. The van der Waals surface area contributed by atoms with Crippen LogP contribution in [0.1, 0.15) is 36.8 Å². The molecule has 0 amide bonds. The van der Waals surface area contributed by atoms with E-state index in [1.807, 2.05) is 36.0 Å². The van der Waals surface area contributed by atoms with Gasteiger partial charge in [-0.05, 0) is 94.3 Å². The van der Waals surface area contributed by atoms with Gasteiger partial charge in [0.1, 0.15) is 23.6 Å². The SMILES string of the molecule is CS(=O)[O-].Cc1cc(Cl)n2cncc2c1.Cc1cc(N2CCC(NS(C)(=O)=O)CC2)n2cncc2c1.NC1CCNCC1. The van der Waals surface area contributed by atoms with Crippen LogP contribution in [-0.2, 0) is 21.1 Å². The predicted molar refractivity (Wildman–Crippen MR) is 173 cm³/mol. The summed E-state index contributed by atoms with van der Waals surface area (Å²) in [6.45, 7) is 7.99. The lowest BCUT2D eigenvalue weighted by Gasteiger charge is -2.34.